The maximum Gasteiger partial charge on any atom is 0.267 e. The monoisotopic (exact) mass is 342 g/mol. The molecule has 1 amide bonds. The fraction of sp³-hybridized carbons (Fsp3) is 0.524. The molecule has 1 saturated carbocycles. The highest BCUT2D eigenvalue weighted by atomic mass is 16.5. The van der Waals surface area contributed by atoms with Gasteiger partial charge in [0.05, 0.1) is 0 Å². The molecule has 0 aromatic heterocycles. The first-order valence-electron chi connectivity index (χ1n) is 9.43. The number of rotatable bonds is 8. The first-order chi connectivity index (χ1) is 12.1. The second-order valence-electron chi connectivity index (χ2n) is 7.00. The number of nitrogens with one attached hydrogen (secondary N) is 2. The smallest absolute Gasteiger partial charge is 0.267 e. The molecular weight excluding hydrogens is 312 g/mol. The molecule has 0 aliphatic heterocycles. The molecule has 0 unspecified atom stereocenters. The Morgan fingerprint density at radius 2 is 1.96 bits per heavy atom. The maximum atomic E-state index is 11.0. The van der Waals surface area contributed by atoms with Gasteiger partial charge in [0.2, 0.25) is 0 Å². The zero-order valence-corrected chi connectivity index (χ0v) is 15.1. The van der Waals surface area contributed by atoms with E-state index >= 15 is 0 Å². The van der Waals surface area contributed by atoms with Gasteiger partial charge < -0.3 is 5.41 Å². The zero-order chi connectivity index (χ0) is 18.1. The van der Waals surface area contributed by atoms with Crippen LogP contribution in [0.2, 0.25) is 0 Å². The van der Waals surface area contributed by atoms with Crippen LogP contribution in [0.15, 0.2) is 30.3 Å². The summed E-state index contributed by atoms with van der Waals surface area (Å²) in [6.45, 7) is 2.14. The average molecular weight is 342 g/mol. The van der Waals surface area contributed by atoms with Gasteiger partial charge in [-0.3, -0.25) is 10.0 Å². The van der Waals surface area contributed by atoms with Crippen molar-refractivity contribution in [3.8, 4) is 0 Å². The Morgan fingerprint density at radius 3 is 2.56 bits per heavy atom. The molecule has 4 heteroatoms. The molecule has 0 spiro atoms. The Balaban J connectivity index is 1.93. The van der Waals surface area contributed by atoms with E-state index in [9.17, 15) is 4.79 Å². The molecule has 25 heavy (non-hydrogen) atoms. The molecule has 1 aliphatic rings. The molecule has 1 fully saturated rings. The first-order valence-corrected chi connectivity index (χ1v) is 9.43. The number of carbonyl (C=O) groups excluding carboxylic acids is 1. The molecule has 1 aromatic carbocycles. The SMILES string of the molecule is CC[C@H](C(=N)CCC1CCCCC1)c1ccc(/C=C/C(=O)NO)cc1. The summed E-state index contributed by atoms with van der Waals surface area (Å²) >= 11 is 0. The van der Waals surface area contributed by atoms with Crippen LogP contribution in [0.5, 0.6) is 0 Å². The average Bonchev–Trinajstić information content (AvgIpc) is 2.66. The van der Waals surface area contributed by atoms with Crippen molar-refractivity contribution in [1.29, 1.82) is 5.41 Å². The predicted molar refractivity (Wildman–Crippen MR) is 102 cm³/mol. The largest absolute Gasteiger partial charge is 0.309 e. The van der Waals surface area contributed by atoms with Gasteiger partial charge in [0.25, 0.3) is 5.91 Å². The zero-order valence-electron chi connectivity index (χ0n) is 15.1. The van der Waals surface area contributed by atoms with Gasteiger partial charge in [0.15, 0.2) is 0 Å². The molecule has 0 radical (unpaired) electrons. The van der Waals surface area contributed by atoms with Crippen LogP contribution >= 0.6 is 0 Å². The molecule has 2 rings (SSSR count). The van der Waals surface area contributed by atoms with Gasteiger partial charge in [-0.15, -0.1) is 0 Å². The molecule has 1 atom stereocenters. The summed E-state index contributed by atoms with van der Waals surface area (Å²) in [6.07, 6.45) is 12.7. The molecule has 0 saturated heterocycles. The summed E-state index contributed by atoms with van der Waals surface area (Å²) in [4.78, 5) is 11.0. The molecule has 0 bridgehead atoms. The third-order valence-electron chi connectivity index (χ3n) is 5.25. The van der Waals surface area contributed by atoms with E-state index in [1.54, 1.807) is 11.6 Å². The number of amides is 1. The number of hydrogen-bond acceptors (Lipinski definition) is 3. The Kier molecular flexibility index (Phi) is 7.86. The fourth-order valence-corrected chi connectivity index (χ4v) is 3.74. The van der Waals surface area contributed by atoms with Gasteiger partial charge in [-0.1, -0.05) is 63.3 Å². The van der Waals surface area contributed by atoms with Crippen LogP contribution in [0.4, 0.5) is 0 Å². The van der Waals surface area contributed by atoms with Gasteiger partial charge in [0, 0.05) is 17.7 Å². The number of benzene rings is 1. The normalized spacial score (nSPS) is 16.7. The lowest BCUT2D eigenvalue weighted by molar-refractivity contribution is -0.124. The summed E-state index contributed by atoms with van der Waals surface area (Å²) in [6, 6.07) is 7.99. The van der Waals surface area contributed by atoms with E-state index in [4.69, 9.17) is 10.6 Å². The fourth-order valence-electron chi connectivity index (χ4n) is 3.74. The van der Waals surface area contributed by atoms with Crippen LogP contribution in [-0.2, 0) is 4.79 Å². The van der Waals surface area contributed by atoms with E-state index < -0.39 is 5.91 Å². The highest BCUT2D eigenvalue weighted by Gasteiger charge is 2.18. The first kappa shape index (κ1) is 19.4. The Bertz CT molecular complexity index is 586. The van der Waals surface area contributed by atoms with E-state index in [0.29, 0.717) is 0 Å². The lowest BCUT2D eigenvalue weighted by Crippen LogP contribution is -2.15. The van der Waals surface area contributed by atoms with Crippen molar-refractivity contribution in [3.05, 3.63) is 41.5 Å². The third kappa shape index (κ3) is 6.13. The summed E-state index contributed by atoms with van der Waals surface area (Å²) in [7, 11) is 0. The van der Waals surface area contributed by atoms with E-state index in [2.05, 4.69) is 6.92 Å². The van der Waals surface area contributed by atoms with Gasteiger partial charge in [0.1, 0.15) is 0 Å². The number of carbonyl (C=O) groups is 1. The van der Waals surface area contributed by atoms with Gasteiger partial charge in [-0.25, -0.2) is 5.48 Å². The van der Waals surface area contributed by atoms with Crippen LogP contribution in [0, 0.1) is 11.3 Å². The lowest BCUT2D eigenvalue weighted by atomic mass is 9.82. The van der Waals surface area contributed by atoms with Crippen molar-refractivity contribution < 1.29 is 10.0 Å². The minimum Gasteiger partial charge on any atom is -0.309 e. The quantitative estimate of drug-likeness (QED) is 0.267. The van der Waals surface area contributed by atoms with Crippen molar-refractivity contribution in [1.82, 2.24) is 5.48 Å². The predicted octanol–water partition coefficient (Wildman–Crippen LogP) is 5.08. The molecule has 3 N–H and O–H groups in total. The molecule has 1 aliphatic carbocycles. The summed E-state index contributed by atoms with van der Waals surface area (Å²) in [5.41, 5.74) is 4.49. The van der Waals surface area contributed by atoms with Crippen LogP contribution in [0.3, 0.4) is 0 Å². The van der Waals surface area contributed by atoms with E-state index in [0.717, 1.165) is 36.5 Å². The minimum atomic E-state index is -0.542. The second kappa shape index (κ2) is 10.1. The van der Waals surface area contributed by atoms with Crippen LogP contribution in [0.25, 0.3) is 6.08 Å². The van der Waals surface area contributed by atoms with Crippen molar-refractivity contribution in [2.75, 3.05) is 0 Å². The van der Waals surface area contributed by atoms with Gasteiger partial charge in [-0.2, -0.15) is 0 Å². The van der Waals surface area contributed by atoms with Gasteiger partial charge in [-0.05, 0) is 42.4 Å². The van der Waals surface area contributed by atoms with Crippen molar-refractivity contribution in [2.24, 2.45) is 5.92 Å². The van der Waals surface area contributed by atoms with Gasteiger partial charge >= 0.3 is 0 Å². The van der Waals surface area contributed by atoms with Crippen LogP contribution in [-0.4, -0.2) is 16.8 Å². The highest BCUT2D eigenvalue weighted by Crippen LogP contribution is 2.30. The van der Waals surface area contributed by atoms with E-state index in [-0.39, 0.29) is 5.92 Å². The standard InChI is InChI=1S/C21H30N2O2/c1-2-19(20(22)14-10-16-6-4-3-5-7-16)18-12-8-17(9-13-18)11-15-21(24)23-25/h8-9,11-13,15-16,19,22,25H,2-7,10,14H2,1H3,(H,23,24)/b15-11+,22-20?/t19-/m0/s1. The van der Waals surface area contributed by atoms with Crippen LogP contribution < -0.4 is 5.48 Å². The summed E-state index contributed by atoms with van der Waals surface area (Å²) < 4.78 is 0. The summed E-state index contributed by atoms with van der Waals surface area (Å²) in [5, 5.41) is 17.0. The van der Waals surface area contributed by atoms with Crippen molar-refractivity contribution >= 4 is 17.7 Å². The molecule has 0 heterocycles. The minimum absolute atomic E-state index is 0.183. The highest BCUT2D eigenvalue weighted by molar-refractivity contribution is 5.91. The maximum absolute atomic E-state index is 11.0. The van der Waals surface area contributed by atoms with E-state index in [1.807, 2.05) is 24.3 Å². The lowest BCUT2D eigenvalue weighted by Gasteiger charge is -2.23. The third-order valence-corrected chi connectivity index (χ3v) is 5.25. The molecule has 1 aromatic rings. The Hall–Kier alpha value is -1.94. The molecule has 136 valence electrons. The Labute approximate surface area is 150 Å². The Morgan fingerprint density at radius 1 is 1.28 bits per heavy atom. The van der Waals surface area contributed by atoms with E-state index in [1.165, 1.54) is 43.7 Å². The molecule has 4 nitrogen and oxygen atoms in total. The number of hydrogen-bond donors (Lipinski definition) is 3. The van der Waals surface area contributed by atoms with Crippen LogP contribution in [0.1, 0.15) is 75.3 Å². The molecular formula is C21H30N2O2. The number of hydroxylamine groups is 1. The van der Waals surface area contributed by atoms with Crippen molar-refractivity contribution in [2.45, 2.75) is 64.2 Å². The topological polar surface area (TPSA) is 73.2 Å². The second-order valence-corrected chi connectivity index (χ2v) is 7.00. The van der Waals surface area contributed by atoms with Crippen molar-refractivity contribution in [3.63, 3.8) is 0 Å². The summed E-state index contributed by atoms with van der Waals surface area (Å²) in [5.74, 6) is 0.458.